The summed E-state index contributed by atoms with van der Waals surface area (Å²) in [4.78, 5) is 6.55. The summed E-state index contributed by atoms with van der Waals surface area (Å²) in [6.45, 7) is 4.38. The van der Waals surface area contributed by atoms with Gasteiger partial charge in [0.25, 0.3) is 0 Å². The minimum Gasteiger partial charge on any atom is -0.397 e. The van der Waals surface area contributed by atoms with Gasteiger partial charge in [-0.1, -0.05) is 6.92 Å². The molecule has 0 spiro atoms. The van der Waals surface area contributed by atoms with Crippen molar-refractivity contribution in [3.8, 4) is 0 Å². The van der Waals surface area contributed by atoms with Gasteiger partial charge >= 0.3 is 0 Å². The standard InChI is InChI=1S/C11H18N4/c1-8-2-4-15(5-3-8)11-10(13)6-9(12)7-14-11/h6-8H,2-5,12-13H2,1H3. The zero-order chi connectivity index (χ0) is 10.8. The highest BCUT2D eigenvalue weighted by Crippen LogP contribution is 2.26. The minimum absolute atomic E-state index is 0.627. The van der Waals surface area contributed by atoms with Crippen LogP contribution in [-0.2, 0) is 0 Å². The van der Waals surface area contributed by atoms with E-state index in [2.05, 4.69) is 16.8 Å². The minimum atomic E-state index is 0.627. The topological polar surface area (TPSA) is 68.2 Å². The van der Waals surface area contributed by atoms with Gasteiger partial charge in [-0.2, -0.15) is 0 Å². The second kappa shape index (κ2) is 3.96. The molecule has 0 amide bonds. The summed E-state index contributed by atoms with van der Waals surface area (Å²) in [5.41, 5.74) is 12.8. The molecule has 0 saturated carbocycles. The molecule has 15 heavy (non-hydrogen) atoms. The maximum absolute atomic E-state index is 5.90. The van der Waals surface area contributed by atoms with Gasteiger partial charge < -0.3 is 16.4 Å². The Morgan fingerprint density at radius 2 is 2.00 bits per heavy atom. The molecule has 0 aliphatic carbocycles. The van der Waals surface area contributed by atoms with Gasteiger partial charge in [0.2, 0.25) is 0 Å². The van der Waals surface area contributed by atoms with Crippen LogP contribution in [0.4, 0.5) is 17.2 Å². The third-order valence-corrected chi connectivity index (χ3v) is 3.00. The maximum Gasteiger partial charge on any atom is 0.151 e. The lowest BCUT2D eigenvalue weighted by Gasteiger charge is -2.31. The predicted molar refractivity (Wildman–Crippen MR) is 63.7 cm³/mol. The number of rotatable bonds is 1. The lowest BCUT2D eigenvalue weighted by atomic mass is 9.99. The zero-order valence-corrected chi connectivity index (χ0v) is 9.11. The summed E-state index contributed by atoms with van der Waals surface area (Å²) in [5, 5.41) is 0. The van der Waals surface area contributed by atoms with Crippen LogP contribution in [0.25, 0.3) is 0 Å². The highest BCUT2D eigenvalue weighted by molar-refractivity contribution is 5.66. The molecule has 1 aliphatic heterocycles. The number of hydrogen-bond acceptors (Lipinski definition) is 4. The quantitative estimate of drug-likeness (QED) is 0.730. The van der Waals surface area contributed by atoms with Crippen molar-refractivity contribution in [2.75, 3.05) is 29.5 Å². The fourth-order valence-corrected chi connectivity index (χ4v) is 1.98. The van der Waals surface area contributed by atoms with Crippen LogP contribution in [0.2, 0.25) is 0 Å². The van der Waals surface area contributed by atoms with Crippen molar-refractivity contribution < 1.29 is 0 Å². The molecule has 4 heteroatoms. The Labute approximate surface area is 90.3 Å². The molecule has 1 aromatic heterocycles. The molecular formula is C11H18N4. The van der Waals surface area contributed by atoms with Gasteiger partial charge in [0.05, 0.1) is 17.6 Å². The summed E-state index contributed by atoms with van der Waals surface area (Å²) in [6.07, 6.45) is 4.10. The van der Waals surface area contributed by atoms with E-state index in [1.165, 1.54) is 12.8 Å². The highest BCUT2D eigenvalue weighted by atomic mass is 15.2. The molecule has 1 aliphatic rings. The van der Waals surface area contributed by atoms with Crippen LogP contribution in [-0.4, -0.2) is 18.1 Å². The zero-order valence-electron chi connectivity index (χ0n) is 9.11. The Morgan fingerprint density at radius 1 is 1.33 bits per heavy atom. The van der Waals surface area contributed by atoms with E-state index < -0.39 is 0 Å². The molecule has 1 saturated heterocycles. The summed E-state index contributed by atoms with van der Waals surface area (Å²) < 4.78 is 0. The number of aromatic nitrogens is 1. The fraction of sp³-hybridized carbons (Fsp3) is 0.545. The van der Waals surface area contributed by atoms with E-state index in [1.54, 1.807) is 12.3 Å². The molecule has 1 aromatic rings. The van der Waals surface area contributed by atoms with Gasteiger partial charge in [-0.25, -0.2) is 4.98 Å². The maximum atomic E-state index is 5.90. The van der Waals surface area contributed by atoms with Gasteiger partial charge in [-0.3, -0.25) is 0 Å². The monoisotopic (exact) mass is 206 g/mol. The van der Waals surface area contributed by atoms with Crippen LogP contribution in [0, 0.1) is 5.92 Å². The van der Waals surface area contributed by atoms with Crippen LogP contribution in [0.3, 0.4) is 0 Å². The average molecular weight is 206 g/mol. The molecule has 4 nitrogen and oxygen atoms in total. The Morgan fingerprint density at radius 3 is 2.60 bits per heavy atom. The second-order valence-electron chi connectivity index (χ2n) is 4.35. The molecule has 0 bridgehead atoms. The Bertz CT molecular complexity index is 342. The first kappa shape index (κ1) is 10.1. The summed E-state index contributed by atoms with van der Waals surface area (Å²) in [7, 11) is 0. The van der Waals surface area contributed by atoms with E-state index >= 15 is 0 Å². The van der Waals surface area contributed by atoms with Crippen molar-refractivity contribution in [1.29, 1.82) is 0 Å². The second-order valence-corrected chi connectivity index (χ2v) is 4.35. The van der Waals surface area contributed by atoms with Crippen molar-refractivity contribution in [1.82, 2.24) is 4.98 Å². The predicted octanol–water partition coefficient (Wildman–Crippen LogP) is 1.48. The van der Waals surface area contributed by atoms with Crippen LogP contribution in [0.5, 0.6) is 0 Å². The number of anilines is 3. The van der Waals surface area contributed by atoms with Crippen molar-refractivity contribution in [2.24, 2.45) is 5.92 Å². The van der Waals surface area contributed by atoms with Crippen LogP contribution in [0.1, 0.15) is 19.8 Å². The summed E-state index contributed by atoms with van der Waals surface area (Å²) in [6, 6.07) is 1.78. The van der Waals surface area contributed by atoms with E-state index in [0.717, 1.165) is 24.8 Å². The first-order valence-electron chi connectivity index (χ1n) is 5.43. The largest absolute Gasteiger partial charge is 0.397 e. The summed E-state index contributed by atoms with van der Waals surface area (Å²) in [5.74, 6) is 1.70. The number of hydrogen-bond donors (Lipinski definition) is 2. The highest BCUT2D eigenvalue weighted by Gasteiger charge is 2.18. The van der Waals surface area contributed by atoms with Crippen LogP contribution < -0.4 is 16.4 Å². The van der Waals surface area contributed by atoms with E-state index in [0.29, 0.717) is 11.4 Å². The number of nitrogens with two attached hydrogens (primary N) is 2. The first-order valence-corrected chi connectivity index (χ1v) is 5.43. The van der Waals surface area contributed by atoms with Crippen molar-refractivity contribution in [3.05, 3.63) is 12.3 Å². The normalized spacial score (nSPS) is 18.1. The molecule has 1 fully saturated rings. The van der Waals surface area contributed by atoms with Crippen molar-refractivity contribution in [2.45, 2.75) is 19.8 Å². The van der Waals surface area contributed by atoms with Gasteiger partial charge in [-0.15, -0.1) is 0 Å². The SMILES string of the molecule is CC1CCN(c2ncc(N)cc2N)CC1. The molecule has 0 radical (unpaired) electrons. The molecule has 0 aromatic carbocycles. The van der Waals surface area contributed by atoms with E-state index in [4.69, 9.17) is 11.5 Å². The van der Waals surface area contributed by atoms with Gasteiger partial charge in [0, 0.05) is 13.1 Å². The van der Waals surface area contributed by atoms with Crippen molar-refractivity contribution >= 4 is 17.2 Å². The molecular weight excluding hydrogens is 188 g/mol. The lowest BCUT2D eigenvalue weighted by molar-refractivity contribution is 0.437. The first-order chi connectivity index (χ1) is 7.16. The Kier molecular flexibility index (Phi) is 2.66. The molecule has 4 N–H and O–H groups in total. The van der Waals surface area contributed by atoms with Crippen molar-refractivity contribution in [3.63, 3.8) is 0 Å². The molecule has 2 rings (SSSR count). The Balaban J connectivity index is 2.15. The molecule has 2 heterocycles. The molecule has 82 valence electrons. The smallest absolute Gasteiger partial charge is 0.151 e. The van der Waals surface area contributed by atoms with Crippen LogP contribution in [0.15, 0.2) is 12.3 Å². The molecule has 0 unspecified atom stereocenters. The van der Waals surface area contributed by atoms with E-state index in [-0.39, 0.29) is 0 Å². The third kappa shape index (κ3) is 2.14. The fourth-order valence-electron chi connectivity index (χ4n) is 1.98. The number of nitrogen functional groups attached to an aromatic ring is 2. The van der Waals surface area contributed by atoms with E-state index in [1.807, 2.05) is 0 Å². The van der Waals surface area contributed by atoms with Crippen LogP contribution >= 0.6 is 0 Å². The number of nitrogens with zero attached hydrogens (tertiary/aromatic N) is 2. The van der Waals surface area contributed by atoms with Gasteiger partial charge in [0.1, 0.15) is 0 Å². The third-order valence-electron chi connectivity index (χ3n) is 3.00. The summed E-state index contributed by atoms with van der Waals surface area (Å²) >= 11 is 0. The molecule has 0 atom stereocenters. The number of pyridine rings is 1. The van der Waals surface area contributed by atoms with E-state index in [9.17, 15) is 0 Å². The average Bonchev–Trinajstić information content (AvgIpc) is 2.20. The van der Waals surface area contributed by atoms with Gasteiger partial charge in [0.15, 0.2) is 5.82 Å². The lowest BCUT2D eigenvalue weighted by Crippen LogP contribution is -2.33. The Hall–Kier alpha value is -1.45. The number of piperidine rings is 1. The van der Waals surface area contributed by atoms with Gasteiger partial charge in [-0.05, 0) is 24.8 Å².